The molecule has 1 N–H and O–H groups in total. The molecule has 31 heavy (non-hydrogen) atoms. The monoisotopic (exact) mass is 420 g/mol. The van der Waals surface area contributed by atoms with Gasteiger partial charge in [0.15, 0.2) is 17.0 Å². The van der Waals surface area contributed by atoms with Crippen LogP contribution in [-0.2, 0) is 11.3 Å². The van der Waals surface area contributed by atoms with E-state index in [1.807, 2.05) is 13.0 Å². The van der Waals surface area contributed by atoms with E-state index >= 15 is 0 Å². The predicted octanol–water partition coefficient (Wildman–Crippen LogP) is 3.88. The van der Waals surface area contributed by atoms with Crippen molar-refractivity contribution >= 4 is 17.0 Å². The molecule has 164 valence electrons. The van der Waals surface area contributed by atoms with E-state index in [0.717, 1.165) is 73.6 Å². The van der Waals surface area contributed by atoms with Crippen molar-refractivity contribution < 1.29 is 4.74 Å². The van der Waals surface area contributed by atoms with Crippen molar-refractivity contribution in [1.82, 2.24) is 24.4 Å². The van der Waals surface area contributed by atoms with E-state index < -0.39 is 0 Å². The van der Waals surface area contributed by atoms with Gasteiger partial charge in [-0.2, -0.15) is 0 Å². The summed E-state index contributed by atoms with van der Waals surface area (Å²) in [7, 11) is 0. The zero-order valence-corrected chi connectivity index (χ0v) is 18.4. The number of benzene rings is 1. The van der Waals surface area contributed by atoms with Crippen LogP contribution in [0.1, 0.15) is 37.9 Å². The minimum atomic E-state index is 0.477. The van der Waals surface area contributed by atoms with Crippen molar-refractivity contribution in [3.63, 3.8) is 0 Å². The average molecular weight is 421 g/mol. The molecule has 1 aromatic carbocycles. The van der Waals surface area contributed by atoms with Crippen LogP contribution in [0.5, 0.6) is 0 Å². The molecule has 1 saturated carbocycles. The number of ether oxygens (including phenoxy) is 1. The lowest BCUT2D eigenvalue weighted by molar-refractivity contribution is 0.0365. The highest BCUT2D eigenvalue weighted by atomic mass is 16.5. The number of anilines is 1. The van der Waals surface area contributed by atoms with Gasteiger partial charge in [0, 0.05) is 37.8 Å². The number of morpholine rings is 1. The first-order valence-electron chi connectivity index (χ1n) is 11.6. The molecule has 1 saturated heterocycles. The summed E-state index contributed by atoms with van der Waals surface area (Å²) in [5.74, 6) is 2.64. The van der Waals surface area contributed by atoms with Gasteiger partial charge < -0.3 is 14.6 Å². The Labute approximate surface area is 183 Å². The molecular formula is C24H32N6O. The number of rotatable bonds is 6. The maximum Gasteiger partial charge on any atom is 0.166 e. The number of nitrogens with one attached hydrogen (secondary N) is 1. The van der Waals surface area contributed by atoms with E-state index in [9.17, 15) is 0 Å². The van der Waals surface area contributed by atoms with Gasteiger partial charge in [0.1, 0.15) is 11.6 Å². The van der Waals surface area contributed by atoms with Gasteiger partial charge in [0.2, 0.25) is 0 Å². The predicted molar refractivity (Wildman–Crippen MR) is 123 cm³/mol. The van der Waals surface area contributed by atoms with Gasteiger partial charge in [0.25, 0.3) is 0 Å². The minimum Gasteiger partial charge on any atom is -0.379 e. The zero-order chi connectivity index (χ0) is 21.0. The van der Waals surface area contributed by atoms with Gasteiger partial charge in [-0.25, -0.2) is 15.0 Å². The lowest BCUT2D eigenvalue weighted by Crippen LogP contribution is -2.38. The van der Waals surface area contributed by atoms with E-state index in [-0.39, 0.29) is 0 Å². The first-order valence-corrected chi connectivity index (χ1v) is 11.6. The molecule has 7 heteroatoms. The Balaban J connectivity index is 1.53. The molecule has 3 heterocycles. The summed E-state index contributed by atoms with van der Waals surface area (Å²) in [4.78, 5) is 17.2. The van der Waals surface area contributed by atoms with Gasteiger partial charge >= 0.3 is 0 Å². The second-order valence-electron chi connectivity index (χ2n) is 8.68. The van der Waals surface area contributed by atoms with Crippen molar-refractivity contribution in [2.24, 2.45) is 0 Å². The standard InChI is InChI=1S/C24H32N6O/c1-18-25-22(27-20-10-6-3-7-11-20)21-24(26-18)30(13-12-29-14-16-31-17-15-29)23(28-21)19-8-4-2-5-9-19/h2,4-5,8-9,20H,3,6-7,10-17H2,1H3,(H,25,26,27). The van der Waals surface area contributed by atoms with Gasteiger partial charge in [0.05, 0.1) is 13.2 Å². The lowest BCUT2D eigenvalue weighted by atomic mass is 9.95. The molecule has 5 rings (SSSR count). The van der Waals surface area contributed by atoms with E-state index in [1.165, 1.54) is 32.1 Å². The fraction of sp³-hybridized carbons (Fsp3) is 0.542. The van der Waals surface area contributed by atoms with E-state index in [0.29, 0.717) is 6.04 Å². The molecule has 2 aliphatic rings. The van der Waals surface area contributed by atoms with Crippen LogP contribution in [0.3, 0.4) is 0 Å². The summed E-state index contributed by atoms with van der Waals surface area (Å²) in [6.45, 7) is 7.38. The van der Waals surface area contributed by atoms with Crippen LogP contribution in [0.15, 0.2) is 30.3 Å². The summed E-state index contributed by atoms with van der Waals surface area (Å²) in [5, 5.41) is 3.71. The molecule has 0 amide bonds. The molecular weight excluding hydrogens is 388 g/mol. The van der Waals surface area contributed by atoms with E-state index in [2.05, 4.69) is 39.0 Å². The SMILES string of the molecule is Cc1nc(NC2CCCCC2)c2nc(-c3ccccc3)n(CCN3CCOCC3)c2n1. The molecule has 0 atom stereocenters. The highest BCUT2D eigenvalue weighted by Crippen LogP contribution is 2.29. The van der Waals surface area contributed by atoms with Gasteiger partial charge in [-0.1, -0.05) is 49.6 Å². The molecule has 1 aliphatic heterocycles. The van der Waals surface area contributed by atoms with Crippen molar-refractivity contribution in [1.29, 1.82) is 0 Å². The highest BCUT2D eigenvalue weighted by molar-refractivity contribution is 5.86. The molecule has 1 aliphatic carbocycles. The topological polar surface area (TPSA) is 68.1 Å². The number of aryl methyl sites for hydroxylation is 1. The molecule has 0 bridgehead atoms. The molecule has 2 fully saturated rings. The minimum absolute atomic E-state index is 0.477. The highest BCUT2D eigenvalue weighted by Gasteiger charge is 2.22. The van der Waals surface area contributed by atoms with Crippen molar-refractivity contribution in [3.05, 3.63) is 36.2 Å². The molecule has 3 aromatic rings. The largest absolute Gasteiger partial charge is 0.379 e. The van der Waals surface area contributed by atoms with Crippen LogP contribution in [0.2, 0.25) is 0 Å². The molecule has 0 radical (unpaired) electrons. The van der Waals surface area contributed by atoms with Crippen LogP contribution in [0.25, 0.3) is 22.6 Å². The van der Waals surface area contributed by atoms with Gasteiger partial charge in [-0.05, 0) is 19.8 Å². The zero-order valence-electron chi connectivity index (χ0n) is 18.4. The second-order valence-corrected chi connectivity index (χ2v) is 8.68. The first-order chi connectivity index (χ1) is 15.3. The van der Waals surface area contributed by atoms with Gasteiger partial charge in [-0.3, -0.25) is 4.90 Å². The van der Waals surface area contributed by atoms with Crippen molar-refractivity contribution in [3.8, 4) is 11.4 Å². The maximum atomic E-state index is 5.51. The number of imidazole rings is 1. The van der Waals surface area contributed by atoms with E-state index in [4.69, 9.17) is 19.7 Å². The van der Waals surface area contributed by atoms with Crippen LogP contribution in [-0.4, -0.2) is 63.3 Å². The lowest BCUT2D eigenvalue weighted by Gasteiger charge is -2.27. The fourth-order valence-electron chi connectivity index (χ4n) is 4.74. The smallest absolute Gasteiger partial charge is 0.166 e. The number of aromatic nitrogens is 4. The first kappa shape index (κ1) is 20.4. The molecule has 7 nitrogen and oxygen atoms in total. The third-order valence-electron chi connectivity index (χ3n) is 6.43. The Morgan fingerprint density at radius 1 is 0.968 bits per heavy atom. The summed E-state index contributed by atoms with van der Waals surface area (Å²) in [6.07, 6.45) is 6.31. The third-order valence-corrected chi connectivity index (χ3v) is 6.43. The Hall–Kier alpha value is -2.51. The number of hydrogen-bond donors (Lipinski definition) is 1. The molecule has 2 aromatic heterocycles. The van der Waals surface area contributed by atoms with Crippen LogP contribution in [0.4, 0.5) is 5.82 Å². The number of nitrogens with zero attached hydrogens (tertiary/aromatic N) is 5. The molecule has 0 unspecified atom stereocenters. The van der Waals surface area contributed by atoms with E-state index in [1.54, 1.807) is 0 Å². The van der Waals surface area contributed by atoms with Gasteiger partial charge in [-0.15, -0.1) is 0 Å². The fourth-order valence-corrected chi connectivity index (χ4v) is 4.74. The Morgan fingerprint density at radius 2 is 1.74 bits per heavy atom. The number of hydrogen-bond acceptors (Lipinski definition) is 6. The summed E-state index contributed by atoms with van der Waals surface area (Å²) in [5.41, 5.74) is 2.93. The Kier molecular flexibility index (Phi) is 6.13. The van der Waals surface area contributed by atoms with Crippen molar-refractivity contribution in [2.75, 3.05) is 38.2 Å². The van der Waals surface area contributed by atoms with Crippen molar-refractivity contribution in [2.45, 2.75) is 51.6 Å². The summed E-state index contributed by atoms with van der Waals surface area (Å²) >= 11 is 0. The van der Waals surface area contributed by atoms with Crippen LogP contribution >= 0.6 is 0 Å². The number of fused-ring (bicyclic) bond motifs is 1. The molecule has 0 spiro atoms. The summed E-state index contributed by atoms with van der Waals surface area (Å²) in [6, 6.07) is 10.9. The average Bonchev–Trinajstić information content (AvgIpc) is 3.18. The van der Waals surface area contributed by atoms with Crippen LogP contribution in [0, 0.1) is 6.92 Å². The Morgan fingerprint density at radius 3 is 2.52 bits per heavy atom. The van der Waals surface area contributed by atoms with Crippen LogP contribution < -0.4 is 5.32 Å². The summed E-state index contributed by atoms with van der Waals surface area (Å²) < 4.78 is 7.79. The second kappa shape index (κ2) is 9.32. The normalized spacial score (nSPS) is 18.5. The third kappa shape index (κ3) is 4.57. The Bertz CT molecular complexity index is 1010. The maximum absolute atomic E-state index is 5.51. The quantitative estimate of drug-likeness (QED) is 0.653.